The van der Waals surface area contributed by atoms with E-state index in [1.54, 1.807) is 7.05 Å². The molecule has 6 aromatic carbocycles. The van der Waals surface area contributed by atoms with Crippen LogP contribution in [0.1, 0.15) is 230 Å². The first-order chi connectivity index (χ1) is 68.8. The molecule has 25 nitrogen and oxygen atoms in total. The zero-order valence-electron chi connectivity index (χ0n) is 78.3. The number of hydrogen-bond acceptors (Lipinski definition) is 19. The molecule has 3 aliphatic heterocycles. The molecule has 3 unspecified atom stereocenters. The molecule has 6 aromatic rings. The fraction of sp³-hybridized carbons (Fsp3) is 0.530. The van der Waals surface area contributed by atoms with E-state index in [-0.39, 0.29) is 51.3 Å². The number of carboxylic acids is 1. The third-order valence-electron chi connectivity index (χ3n) is 32.3. The van der Waals surface area contributed by atoms with Gasteiger partial charge in [0.15, 0.2) is 33.3 Å². The van der Waals surface area contributed by atoms with E-state index in [9.17, 15) is 108 Å². The Morgan fingerprint density at radius 1 is 0.438 bits per heavy atom. The Kier molecular flexibility index (Phi) is 33.9. The predicted molar refractivity (Wildman–Crippen MR) is 528 cm³/mol. The number of aliphatic imine (C=N–C) groups is 1. The maximum absolute atomic E-state index is 13.4. The molecule has 6 N–H and O–H groups in total. The van der Waals surface area contributed by atoms with Crippen molar-refractivity contribution in [3.05, 3.63) is 203 Å². The molecule has 6 saturated carbocycles. The summed E-state index contributed by atoms with van der Waals surface area (Å²) in [5, 5.41) is 32.6. The van der Waals surface area contributed by atoms with E-state index < -0.39 is 125 Å². The first-order valence-corrected chi connectivity index (χ1v) is 53.9. The zero-order valence-corrected chi connectivity index (χ0v) is 89.4. The van der Waals surface area contributed by atoms with Crippen molar-refractivity contribution in [2.45, 2.75) is 284 Å². The van der Waals surface area contributed by atoms with Crippen molar-refractivity contribution in [1.82, 2.24) is 31.1 Å². The van der Waals surface area contributed by atoms with Gasteiger partial charge in [0, 0.05) is 90.1 Å². The van der Waals surface area contributed by atoms with Crippen molar-refractivity contribution in [1.29, 1.82) is 5.26 Å². The second kappa shape index (κ2) is 44.1. The zero-order chi connectivity index (χ0) is 106. The Morgan fingerprint density at radius 3 is 1.03 bits per heavy atom. The lowest BCUT2D eigenvalue weighted by Gasteiger charge is -2.46. The monoisotopic (exact) mass is 2470 g/mol. The van der Waals surface area contributed by atoms with Gasteiger partial charge in [-0.1, -0.05) is 136 Å². The van der Waals surface area contributed by atoms with Crippen LogP contribution in [-0.4, -0.2) is 176 Å². The largest absolute Gasteiger partial charge is 0.476 e. The molecule has 0 radical (unpaired) electrons. The highest BCUT2D eigenvalue weighted by atomic mass is 79.9. The highest BCUT2D eigenvalue weighted by Crippen LogP contribution is 2.65. The quantitative estimate of drug-likeness (QED) is 0.0218. The van der Waals surface area contributed by atoms with Crippen molar-refractivity contribution < 1.29 is 137 Å². The summed E-state index contributed by atoms with van der Waals surface area (Å²) < 4.78 is 206. The lowest BCUT2D eigenvalue weighted by molar-refractivity contribution is -0.179. The maximum Gasteiger partial charge on any atom is 0.470 e. The number of ketones is 2. The number of imide groups is 2. The van der Waals surface area contributed by atoms with Gasteiger partial charge in [-0.25, -0.2) is 14.4 Å². The van der Waals surface area contributed by atoms with E-state index in [1.165, 1.54) is 23.1 Å². The standard InChI is InChI=1S/C18H19BrF2N2O3.C18H19BrF2N2O2S.C17H17BrF2N2O3.C16H15BrF2N2O.C15H15BrF2O2.C14H15BrO2.C2HF3O4S/c1-23-14(24)18(22-16(23)25)13-8-11(19)3-2-10(13)9-17(18)6-4-12(5-7-17)26-15(20)21;1-23-14(24)18(22-16(23)26)13-8-11(19)3-2-10(13)9-17(18)6-4-12(5-7-17)25-15(20)21;18-10-2-1-9-8-16(5-3-11(4-6-16)25-14(19)20)17(12(9)7-10)13(23)21-15(24)22-17;17-11-2-1-10-8-16(14(21-9-20)13(10)7-11)5-3-12(4-6-16)22-15(18)19;16-10-2-1-9-8-15(13(19)12(9)7-10)5-3-11(4-6-15)20-14(17)18;15-10-2-1-9-8-14(13(17)12(9)7-10)5-3-11(16)4-6-14;3-2(4,1(6)7)10(5,8)9/h2-3,8,12,15H,4-7,9H2,1H3,(H,22,25);2-3,8,12,15H,4-7,9H2,1H3,(H,22,26);1-2,7,11,14H,3-6,8H2,(H2,21,22,23,24);1-2,7,12,15H,3-6,8H2;1-2,7,11,14H,3-6,8H2;1-2,7,11,16H,3-6,8H2;(H,6,7). The number of thiocarbonyl (C=S) groups is 1. The number of Topliss-reactive ketones (excluding diaryl/α,β-unsaturated/α-hetero) is 2. The molecule has 9 spiro atoms. The molecule has 7 amide bonds. The average molecular weight is 2480 g/mol. The van der Waals surface area contributed by atoms with E-state index in [0.29, 0.717) is 139 Å². The third-order valence-corrected chi connectivity index (χ3v) is 36.4. The number of alkyl halides is 12. The molecule has 3 atom stereocenters. The topological polar surface area (TPSA) is 348 Å². The Balaban J connectivity index is 0.000000130. The van der Waals surface area contributed by atoms with Crippen molar-refractivity contribution in [2.75, 3.05) is 14.1 Å². The molecule has 12 aliphatic carbocycles. The fourth-order valence-electron chi connectivity index (χ4n) is 25.3. The second-order valence-corrected chi connectivity index (χ2v) is 47.3. The molecule has 9 fully saturated rings. The number of benzene rings is 6. The van der Waals surface area contributed by atoms with E-state index in [4.69, 9.17) is 27.3 Å². The summed E-state index contributed by atoms with van der Waals surface area (Å²) in [4.78, 5) is 105. The number of nitrogens with zero attached hydrogens (tertiary/aromatic N) is 4. The van der Waals surface area contributed by atoms with E-state index in [0.717, 1.165) is 157 Å². The summed E-state index contributed by atoms with van der Waals surface area (Å²) in [7, 11) is -3.18. The van der Waals surface area contributed by atoms with Crippen LogP contribution in [0.3, 0.4) is 0 Å². The Labute approximate surface area is 887 Å². The number of halogens is 19. The van der Waals surface area contributed by atoms with Gasteiger partial charge in [-0.2, -0.15) is 71.4 Å². The number of rotatable bonds is 12. The van der Waals surface area contributed by atoms with E-state index >= 15 is 0 Å². The number of nitriles is 1. The molecular formula is C100H101Br6F13N8O17S2. The van der Waals surface area contributed by atoms with Crippen molar-refractivity contribution >= 4 is 176 Å². The van der Waals surface area contributed by atoms with Crippen molar-refractivity contribution in [3.8, 4) is 6.19 Å². The molecule has 15 aliphatic rings. The number of hydrogen-bond donors (Lipinski definition) is 6. The van der Waals surface area contributed by atoms with Crippen LogP contribution in [0, 0.1) is 43.9 Å². The van der Waals surface area contributed by atoms with Gasteiger partial charge in [-0.15, -0.1) is 0 Å². The van der Waals surface area contributed by atoms with Crippen LogP contribution in [0.5, 0.6) is 0 Å². The lowest BCUT2D eigenvalue weighted by Crippen LogP contribution is -2.56. The Hall–Kier alpha value is -7.79. The number of likely N-dealkylation sites (N-methyl/N-ethyl adjacent to an activating group) is 2. The second-order valence-electron chi connectivity index (χ2n) is 40.0. The van der Waals surface area contributed by atoms with Crippen molar-refractivity contribution in [3.63, 3.8) is 0 Å². The summed E-state index contributed by atoms with van der Waals surface area (Å²) in [5.74, 6) is -3.26. The summed E-state index contributed by atoms with van der Waals surface area (Å²) in [6, 6.07) is 34.4. The van der Waals surface area contributed by atoms with Crippen molar-refractivity contribution in [2.24, 2.45) is 37.5 Å². The molecule has 0 aromatic heterocycles. The van der Waals surface area contributed by atoms with Gasteiger partial charge < -0.3 is 49.8 Å². The molecule has 21 rings (SSSR count). The van der Waals surface area contributed by atoms with Gasteiger partial charge in [0.25, 0.3) is 17.7 Å². The number of fused-ring (bicyclic) bond motifs is 12. The van der Waals surface area contributed by atoms with Gasteiger partial charge in [0.1, 0.15) is 0 Å². The number of urea groups is 2. The highest BCUT2D eigenvalue weighted by Gasteiger charge is 2.71. The number of aliphatic carboxylic acids is 1. The number of carboxylic acid groups (broad SMARTS) is 1. The number of nitrogens with one attached hydrogen (secondary N) is 4. The molecule has 46 heteroatoms. The minimum Gasteiger partial charge on any atom is -0.476 e. The van der Waals surface area contributed by atoms with Gasteiger partial charge in [0.2, 0.25) is 6.19 Å². The number of ether oxygens (including phenoxy) is 5. The van der Waals surface area contributed by atoms with Gasteiger partial charge >= 0.3 is 66.6 Å². The normalized spacial score (nSPS) is 30.7. The summed E-state index contributed by atoms with van der Waals surface area (Å²) in [5.41, 5.74) is 7.17. The van der Waals surface area contributed by atoms with Crippen LogP contribution in [0.15, 0.2) is 141 Å². The highest BCUT2D eigenvalue weighted by molar-refractivity contribution is 9.11. The van der Waals surface area contributed by atoms with Gasteiger partial charge in [-0.05, 0) is 328 Å². The van der Waals surface area contributed by atoms with Crippen LogP contribution >= 0.6 is 108 Å². The Morgan fingerprint density at radius 2 is 0.733 bits per heavy atom. The number of aliphatic hydroxyl groups excluding tert-OH is 1. The Bertz CT molecular complexity index is 6140. The van der Waals surface area contributed by atoms with Gasteiger partial charge in [-0.3, -0.25) is 39.1 Å². The number of aliphatic hydroxyl groups is 1. The predicted octanol–water partition coefficient (Wildman–Crippen LogP) is 22.3. The third kappa shape index (κ3) is 21.8. The average Bonchev–Trinajstić information content (AvgIpc) is 1.51. The smallest absolute Gasteiger partial charge is 0.470 e. The van der Waals surface area contributed by atoms with Crippen LogP contribution in [0.2, 0.25) is 0 Å². The minimum atomic E-state index is -6.33. The van der Waals surface area contributed by atoms with Crippen LogP contribution in [0.4, 0.5) is 66.2 Å². The molecular weight excluding hydrogens is 2380 g/mol. The lowest BCUT2D eigenvalue weighted by atomic mass is 9.61. The summed E-state index contributed by atoms with van der Waals surface area (Å²) in [6.07, 6.45) is 18.1. The summed E-state index contributed by atoms with van der Waals surface area (Å²) >= 11 is 26.0. The van der Waals surface area contributed by atoms with Crippen LogP contribution in [-0.2, 0) is 108 Å². The molecule has 146 heavy (non-hydrogen) atoms. The number of carbonyl (C=O) groups is 8. The molecule has 0 bridgehead atoms. The van der Waals surface area contributed by atoms with E-state index in [2.05, 4.69) is 147 Å². The summed E-state index contributed by atoms with van der Waals surface area (Å²) in [6.45, 7) is -13.8. The molecule has 788 valence electrons. The first kappa shape index (κ1) is 112. The maximum atomic E-state index is 13.4. The van der Waals surface area contributed by atoms with E-state index in [1.807, 2.05) is 109 Å². The first-order valence-electron chi connectivity index (χ1n) is 47.3. The van der Waals surface area contributed by atoms with Crippen LogP contribution in [0.25, 0.3) is 0 Å². The molecule has 3 heterocycles. The SMILES string of the molecule is CN1C(=O)C2(NC1=S)c1cc(Br)ccc1CC21CCC(OC(F)F)CC1.CN1C(=O)NC2(C1=O)c1cc(Br)ccc1CC21CCC(OC(F)F)CC1.N#CN=C1c2cc(Br)ccc2CC12CCC(OC(F)F)CC2.O=C(O)C(F)(F)S(=O)(=O)F.O=C1NC(=O)C2(N1)c1cc(Br)ccc1CC21CCC(OC(F)F)CC1.O=C1c2cc(Br)ccc2CC12CCC(O)CC2.O=C1c2cc(Br)ccc2CC12CCC(OC(F)F)CC2. The van der Waals surface area contributed by atoms with Gasteiger partial charge in [0.05, 0.1) is 42.3 Å². The fourth-order valence-corrected chi connectivity index (χ4v) is 27.9. The molecule has 3 saturated heterocycles. The number of carbonyl (C=O) groups excluding carboxylic acids is 7. The number of amides is 7. The minimum absolute atomic E-state index is 0.0624. The van der Waals surface area contributed by atoms with Crippen LogP contribution < -0.4 is 21.3 Å².